The summed E-state index contributed by atoms with van der Waals surface area (Å²) in [6.45, 7) is 5.51. The Morgan fingerprint density at radius 2 is 1.74 bits per heavy atom. The number of nitrogens with zero attached hydrogens (tertiary/aromatic N) is 3. The van der Waals surface area contributed by atoms with Gasteiger partial charge in [-0.2, -0.15) is 0 Å². The first kappa shape index (κ1) is 29.6. The third-order valence-electron chi connectivity index (χ3n) is 8.42. The van der Waals surface area contributed by atoms with E-state index in [1.165, 1.54) is 17.0 Å². The minimum atomic E-state index is -3.08. The predicted molar refractivity (Wildman–Crippen MR) is 159 cm³/mol. The van der Waals surface area contributed by atoms with Gasteiger partial charge in [-0.1, -0.05) is 55.5 Å². The van der Waals surface area contributed by atoms with E-state index in [1.807, 2.05) is 43.3 Å². The Hall–Kier alpha value is -3.90. The number of non-ortho nitro benzene ring substituents is 1. The number of aliphatic hydroxyl groups is 1. The molecule has 4 atom stereocenters. The highest BCUT2D eigenvalue weighted by Gasteiger charge is 2.67. The van der Waals surface area contributed by atoms with Crippen LogP contribution in [0, 0.1) is 16.0 Å². The number of amides is 2. The number of hydrogen-bond donors (Lipinski definition) is 2. The van der Waals surface area contributed by atoms with Crippen molar-refractivity contribution in [3.05, 3.63) is 100 Å². The first-order chi connectivity index (χ1) is 20.0. The van der Waals surface area contributed by atoms with Crippen molar-refractivity contribution in [2.75, 3.05) is 18.1 Å². The van der Waals surface area contributed by atoms with E-state index in [0.29, 0.717) is 16.9 Å². The zero-order chi connectivity index (χ0) is 30.2. The van der Waals surface area contributed by atoms with Gasteiger partial charge in [0.1, 0.15) is 0 Å². The third-order valence-corrected chi connectivity index (χ3v) is 10.9. The number of carbonyl (C=O) groups excluding carboxylic acids is 2. The molecule has 2 heterocycles. The summed E-state index contributed by atoms with van der Waals surface area (Å²) in [5.74, 6) is -1.29. The molecular weight excluding hydrogens is 554 g/mol. The number of benzene rings is 3. The van der Waals surface area contributed by atoms with Gasteiger partial charge in [0.2, 0.25) is 5.91 Å². The summed E-state index contributed by atoms with van der Waals surface area (Å²) in [4.78, 5) is 54.1. The lowest BCUT2D eigenvalue weighted by molar-refractivity contribution is -0.385. The van der Waals surface area contributed by atoms with Crippen LogP contribution in [0.1, 0.15) is 24.5 Å². The molecule has 0 aromatic heterocycles. The molecule has 3 aromatic carbocycles. The Balaban J connectivity index is 1.57. The number of hydrogen-bond acceptors (Lipinski definition) is 7. The molecular formula is C31H35N3O7Si. The van der Waals surface area contributed by atoms with E-state index >= 15 is 0 Å². The molecule has 2 aliphatic heterocycles. The fourth-order valence-electron chi connectivity index (χ4n) is 6.66. The second-order valence-electron chi connectivity index (χ2n) is 11.5. The minimum Gasteiger partial charge on any atom is -0.432 e. The summed E-state index contributed by atoms with van der Waals surface area (Å²) in [5, 5.41) is 21.5. The topological polar surface area (TPSA) is 133 Å². The molecule has 0 aliphatic carbocycles. The molecule has 0 unspecified atom stereocenters. The van der Waals surface area contributed by atoms with Gasteiger partial charge >= 0.3 is 0 Å². The minimum absolute atomic E-state index is 0.113. The second-order valence-corrected chi connectivity index (χ2v) is 15.5. The Bertz CT molecular complexity index is 1480. The number of nitro groups is 1. The lowest BCUT2D eigenvalue weighted by Crippen LogP contribution is -2.45. The van der Waals surface area contributed by atoms with Gasteiger partial charge in [-0.25, -0.2) is 0 Å². The molecule has 220 valence electrons. The van der Waals surface area contributed by atoms with E-state index in [-0.39, 0.29) is 37.7 Å². The molecule has 0 bridgehead atoms. The maximum Gasteiger partial charge on any atom is 0.269 e. The molecule has 1 spiro atoms. The quantitative estimate of drug-likeness (QED) is 0.214. The van der Waals surface area contributed by atoms with E-state index in [0.717, 1.165) is 5.56 Å². The molecule has 2 amide bonds. The molecule has 2 N–H and O–H groups in total. The summed E-state index contributed by atoms with van der Waals surface area (Å²) in [6, 6.07) is 22.7. The van der Waals surface area contributed by atoms with Crippen molar-refractivity contribution in [3.8, 4) is 0 Å². The molecule has 3 aromatic rings. The normalized spacial score (nSPS) is 23.3. The van der Waals surface area contributed by atoms with Crippen molar-refractivity contribution >= 4 is 37.2 Å². The lowest BCUT2D eigenvalue weighted by Gasteiger charge is -2.32. The molecule has 2 aliphatic rings. The number of carbonyl (C=O) groups is 2. The molecule has 0 radical (unpaired) electrons. The number of para-hydroxylation sites is 1. The van der Waals surface area contributed by atoms with Crippen LogP contribution in [-0.2, 0) is 26.5 Å². The molecule has 1 saturated heterocycles. The Labute approximate surface area is 245 Å². The first-order valence-corrected chi connectivity index (χ1v) is 17.0. The number of ether oxygens (including phenoxy) is 1. The monoisotopic (exact) mass is 589 g/mol. The van der Waals surface area contributed by atoms with Crippen LogP contribution in [0.3, 0.4) is 0 Å². The van der Waals surface area contributed by atoms with E-state index < -0.39 is 42.3 Å². The number of rotatable bonds is 9. The molecule has 10 nitrogen and oxygen atoms in total. The van der Waals surface area contributed by atoms with Crippen molar-refractivity contribution in [2.45, 2.75) is 50.2 Å². The zero-order valence-electron chi connectivity index (χ0n) is 23.8. The SMILES string of the molecule is C[C@H]1[C@H]([Si](C)(C)O)[C@@H](CC(=O)N(CCO)Cc2ccccc2)O[C@]12C(=O)N(c1ccccc1)c1ccc([N+](=O)[O-])cc12. The number of aliphatic hydroxyl groups excluding tert-OH is 1. The van der Waals surface area contributed by atoms with Crippen LogP contribution in [0.2, 0.25) is 18.6 Å². The molecule has 11 heteroatoms. The smallest absolute Gasteiger partial charge is 0.269 e. The standard InChI is InChI=1S/C31H35N3O7Si/c1-21-29(42(2,3)40)27(19-28(36)32(16-17-35)20-22-10-6-4-7-11-22)41-31(21)25-18-24(34(38)39)14-15-26(25)33(30(31)37)23-12-8-5-9-13-23/h4-15,18,21,27,29,35,40H,16-17,19-20H2,1-3H3/t21-,27+,29-,31+/m0/s1. The van der Waals surface area contributed by atoms with Crippen molar-refractivity contribution in [2.24, 2.45) is 5.92 Å². The number of anilines is 2. The molecule has 42 heavy (non-hydrogen) atoms. The summed E-state index contributed by atoms with van der Waals surface area (Å²) < 4.78 is 6.69. The Kier molecular flexibility index (Phi) is 8.03. The van der Waals surface area contributed by atoms with Crippen LogP contribution in [0.15, 0.2) is 78.9 Å². The summed E-state index contributed by atoms with van der Waals surface area (Å²) in [5.41, 5.74) is -0.0535. The van der Waals surface area contributed by atoms with Crippen molar-refractivity contribution in [3.63, 3.8) is 0 Å². The van der Waals surface area contributed by atoms with Crippen LogP contribution in [0.4, 0.5) is 17.1 Å². The van der Waals surface area contributed by atoms with Crippen LogP contribution >= 0.6 is 0 Å². The summed E-state index contributed by atoms with van der Waals surface area (Å²) in [6.07, 6.45) is -0.952. The first-order valence-electron chi connectivity index (χ1n) is 14.0. The average molecular weight is 590 g/mol. The van der Waals surface area contributed by atoms with E-state index in [9.17, 15) is 29.6 Å². The van der Waals surface area contributed by atoms with Gasteiger partial charge in [0.25, 0.3) is 11.6 Å². The van der Waals surface area contributed by atoms with Gasteiger partial charge in [-0.3, -0.25) is 24.6 Å². The van der Waals surface area contributed by atoms with E-state index in [1.54, 1.807) is 48.3 Å². The van der Waals surface area contributed by atoms with Crippen molar-refractivity contribution in [1.82, 2.24) is 4.90 Å². The lowest BCUT2D eigenvalue weighted by atomic mass is 9.82. The zero-order valence-corrected chi connectivity index (χ0v) is 24.8. The Morgan fingerprint density at radius 1 is 1.10 bits per heavy atom. The predicted octanol–water partition coefficient (Wildman–Crippen LogP) is 4.48. The third kappa shape index (κ3) is 5.13. The van der Waals surface area contributed by atoms with Crippen molar-refractivity contribution < 1.29 is 29.2 Å². The van der Waals surface area contributed by atoms with Gasteiger partial charge < -0.3 is 19.5 Å². The summed E-state index contributed by atoms with van der Waals surface area (Å²) in [7, 11) is -3.08. The summed E-state index contributed by atoms with van der Waals surface area (Å²) >= 11 is 0. The van der Waals surface area contributed by atoms with Crippen LogP contribution in [-0.4, -0.2) is 59.1 Å². The van der Waals surface area contributed by atoms with Crippen LogP contribution < -0.4 is 4.90 Å². The highest BCUT2D eigenvalue weighted by atomic mass is 28.4. The number of nitro benzene ring substituents is 1. The van der Waals surface area contributed by atoms with Crippen molar-refractivity contribution in [1.29, 1.82) is 0 Å². The van der Waals surface area contributed by atoms with Crippen LogP contribution in [0.5, 0.6) is 0 Å². The number of fused-ring (bicyclic) bond motifs is 2. The highest BCUT2D eigenvalue weighted by Crippen LogP contribution is 2.61. The van der Waals surface area contributed by atoms with Gasteiger partial charge in [-0.05, 0) is 36.9 Å². The van der Waals surface area contributed by atoms with E-state index in [4.69, 9.17) is 4.74 Å². The highest BCUT2D eigenvalue weighted by molar-refractivity contribution is 6.71. The average Bonchev–Trinajstić information content (AvgIpc) is 3.39. The second kappa shape index (κ2) is 11.4. The van der Waals surface area contributed by atoms with Crippen LogP contribution in [0.25, 0.3) is 0 Å². The van der Waals surface area contributed by atoms with Gasteiger partial charge in [0.05, 0.1) is 29.7 Å². The fourth-order valence-corrected chi connectivity index (χ4v) is 9.21. The molecule has 1 fully saturated rings. The fraction of sp³-hybridized carbons (Fsp3) is 0.355. The molecule has 5 rings (SSSR count). The van der Waals surface area contributed by atoms with Gasteiger partial charge in [0, 0.05) is 47.9 Å². The van der Waals surface area contributed by atoms with Gasteiger partial charge in [-0.15, -0.1) is 0 Å². The van der Waals surface area contributed by atoms with Gasteiger partial charge in [0.15, 0.2) is 13.9 Å². The largest absolute Gasteiger partial charge is 0.432 e. The Morgan fingerprint density at radius 3 is 2.33 bits per heavy atom. The molecule has 0 saturated carbocycles. The maximum atomic E-state index is 14.5. The maximum absolute atomic E-state index is 14.5. The van der Waals surface area contributed by atoms with E-state index in [2.05, 4.69) is 0 Å².